The minimum atomic E-state index is 0.0630. The smallest absolute Gasteiger partial charge is 0.224 e. The molecule has 0 bridgehead atoms. The van der Waals surface area contributed by atoms with E-state index in [0.717, 1.165) is 28.6 Å². The quantitative estimate of drug-likeness (QED) is 0.106. The summed E-state index contributed by atoms with van der Waals surface area (Å²) in [6.07, 6.45) is 27.2. The van der Waals surface area contributed by atoms with Crippen molar-refractivity contribution in [3.05, 3.63) is 18.5 Å². The zero-order valence-electron chi connectivity index (χ0n) is 19.3. The lowest BCUT2D eigenvalue weighted by Gasteiger charge is -2.11. The van der Waals surface area contributed by atoms with Gasteiger partial charge in [0.05, 0.1) is 0 Å². The van der Waals surface area contributed by atoms with Gasteiger partial charge in [-0.2, -0.15) is 0 Å². The highest BCUT2D eigenvalue weighted by Crippen LogP contribution is 2.30. The Labute approximate surface area is 192 Å². The molecular formula is C24H41N3OS2. The lowest BCUT2D eigenvalue weighted by Crippen LogP contribution is -2.13. The van der Waals surface area contributed by atoms with E-state index in [1.54, 1.807) is 6.33 Å². The highest BCUT2D eigenvalue weighted by Gasteiger charge is 2.13. The van der Waals surface area contributed by atoms with Gasteiger partial charge in [0, 0.05) is 6.42 Å². The second-order valence-electron chi connectivity index (χ2n) is 7.65. The Kier molecular flexibility index (Phi) is 16.9. The Morgan fingerprint density at radius 2 is 1.33 bits per heavy atom. The van der Waals surface area contributed by atoms with Crippen LogP contribution in [0, 0.1) is 0 Å². The molecule has 0 aliphatic rings. The number of rotatable bonds is 18. The Balaban J connectivity index is 2.03. The van der Waals surface area contributed by atoms with E-state index in [1.807, 2.05) is 12.5 Å². The van der Waals surface area contributed by atoms with Gasteiger partial charge in [-0.25, -0.2) is 9.97 Å². The summed E-state index contributed by atoms with van der Waals surface area (Å²) in [4.78, 5) is 20.8. The van der Waals surface area contributed by atoms with Gasteiger partial charge in [0.2, 0.25) is 5.91 Å². The summed E-state index contributed by atoms with van der Waals surface area (Å²) in [7, 11) is 0. The molecule has 0 aliphatic heterocycles. The van der Waals surface area contributed by atoms with E-state index in [9.17, 15) is 4.79 Å². The summed E-state index contributed by atoms with van der Waals surface area (Å²) in [5, 5.41) is 4.67. The fraction of sp³-hybridized carbons (Fsp3) is 0.708. The first-order chi connectivity index (χ1) is 14.7. The van der Waals surface area contributed by atoms with Crippen molar-refractivity contribution in [3.63, 3.8) is 0 Å². The van der Waals surface area contributed by atoms with Gasteiger partial charge in [0.15, 0.2) is 0 Å². The first kappa shape index (κ1) is 27.0. The van der Waals surface area contributed by atoms with E-state index in [2.05, 4.69) is 34.4 Å². The van der Waals surface area contributed by atoms with Crippen molar-refractivity contribution in [3.8, 4) is 0 Å². The highest BCUT2D eigenvalue weighted by molar-refractivity contribution is 7.99. The molecule has 0 aliphatic carbocycles. The Bertz CT molecular complexity index is 586. The van der Waals surface area contributed by atoms with Crippen LogP contribution in [-0.2, 0) is 4.79 Å². The number of hydrogen-bond donors (Lipinski definition) is 1. The van der Waals surface area contributed by atoms with Crippen LogP contribution in [-0.4, -0.2) is 28.4 Å². The second kappa shape index (κ2) is 18.7. The van der Waals surface area contributed by atoms with E-state index in [-0.39, 0.29) is 5.91 Å². The average molecular weight is 452 g/mol. The molecule has 0 saturated carbocycles. The van der Waals surface area contributed by atoms with Crippen LogP contribution < -0.4 is 5.32 Å². The van der Waals surface area contributed by atoms with Crippen LogP contribution in [0.3, 0.4) is 0 Å². The monoisotopic (exact) mass is 451 g/mol. The maximum Gasteiger partial charge on any atom is 0.224 e. The molecule has 0 spiro atoms. The molecular weight excluding hydrogens is 410 g/mol. The molecule has 0 atom stereocenters. The normalized spacial score (nSPS) is 11.3. The third kappa shape index (κ3) is 12.6. The molecule has 0 radical (unpaired) electrons. The summed E-state index contributed by atoms with van der Waals surface area (Å²) in [5.74, 6) is 0.0630. The van der Waals surface area contributed by atoms with Crippen LogP contribution in [0.5, 0.6) is 0 Å². The van der Waals surface area contributed by atoms with E-state index >= 15 is 0 Å². The number of aromatic nitrogens is 2. The van der Waals surface area contributed by atoms with Crippen LogP contribution >= 0.6 is 23.5 Å². The van der Waals surface area contributed by atoms with Crippen molar-refractivity contribution in [2.75, 3.05) is 17.8 Å². The molecule has 0 unspecified atom stereocenters. The number of nitrogens with zero attached hydrogens (tertiary/aromatic N) is 2. The molecule has 6 heteroatoms. The lowest BCUT2D eigenvalue weighted by molar-refractivity contribution is -0.116. The predicted octanol–water partition coefficient (Wildman–Crippen LogP) is 7.90. The maximum absolute atomic E-state index is 12.3. The number of carbonyl (C=O) groups excluding carboxylic acids is 1. The minimum Gasteiger partial charge on any atom is -0.322 e. The summed E-state index contributed by atoms with van der Waals surface area (Å²) in [6, 6.07) is 0. The van der Waals surface area contributed by atoms with Crippen LogP contribution in [0.25, 0.3) is 0 Å². The minimum absolute atomic E-state index is 0.0630. The van der Waals surface area contributed by atoms with Crippen LogP contribution in [0.15, 0.2) is 28.5 Å². The number of allylic oxidation sites excluding steroid dienone is 2. The zero-order chi connectivity index (χ0) is 21.9. The fourth-order valence-corrected chi connectivity index (χ4v) is 4.40. The third-order valence-electron chi connectivity index (χ3n) is 5.09. The molecule has 170 valence electrons. The van der Waals surface area contributed by atoms with Gasteiger partial charge in [-0.3, -0.25) is 4.79 Å². The summed E-state index contributed by atoms with van der Waals surface area (Å²) in [6.45, 7) is 2.27. The second-order valence-corrected chi connectivity index (χ2v) is 9.24. The van der Waals surface area contributed by atoms with Crippen molar-refractivity contribution in [1.82, 2.24) is 9.97 Å². The van der Waals surface area contributed by atoms with Gasteiger partial charge < -0.3 is 5.32 Å². The Hall–Kier alpha value is -1.01. The molecule has 4 nitrogen and oxygen atoms in total. The number of hydrogen-bond acceptors (Lipinski definition) is 5. The number of amides is 1. The average Bonchev–Trinajstić information content (AvgIpc) is 2.76. The van der Waals surface area contributed by atoms with Crippen molar-refractivity contribution < 1.29 is 4.79 Å². The first-order valence-electron chi connectivity index (χ1n) is 11.6. The topological polar surface area (TPSA) is 54.9 Å². The van der Waals surface area contributed by atoms with Crippen molar-refractivity contribution in [1.29, 1.82) is 0 Å². The van der Waals surface area contributed by atoms with Gasteiger partial charge in [-0.05, 0) is 44.6 Å². The number of nitrogens with one attached hydrogen (secondary N) is 1. The number of unbranched alkanes of at least 4 members (excludes halogenated alkanes) is 11. The third-order valence-corrected chi connectivity index (χ3v) is 6.49. The molecule has 1 N–H and O–H groups in total. The molecule has 1 heterocycles. The van der Waals surface area contributed by atoms with Gasteiger partial charge in [-0.15, -0.1) is 23.5 Å². The van der Waals surface area contributed by atoms with Crippen molar-refractivity contribution >= 4 is 35.1 Å². The van der Waals surface area contributed by atoms with Crippen LogP contribution in [0.2, 0.25) is 0 Å². The van der Waals surface area contributed by atoms with Gasteiger partial charge in [0.1, 0.15) is 22.1 Å². The molecule has 0 aromatic carbocycles. The zero-order valence-corrected chi connectivity index (χ0v) is 20.9. The van der Waals surface area contributed by atoms with E-state index in [0.29, 0.717) is 6.42 Å². The molecule has 1 amide bonds. The van der Waals surface area contributed by atoms with Crippen molar-refractivity contribution in [2.24, 2.45) is 0 Å². The van der Waals surface area contributed by atoms with Gasteiger partial charge in [-0.1, -0.05) is 70.4 Å². The SMILES string of the molecule is CCCCCCCC/C=C\CCCCCCCC(=O)Nc1c(SC)ncnc1SC. The molecule has 30 heavy (non-hydrogen) atoms. The first-order valence-corrected chi connectivity index (χ1v) is 14.1. The Morgan fingerprint density at radius 1 is 0.833 bits per heavy atom. The molecule has 0 saturated heterocycles. The largest absolute Gasteiger partial charge is 0.322 e. The van der Waals surface area contributed by atoms with E-state index in [1.165, 1.54) is 94.2 Å². The fourth-order valence-electron chi connectivity index (χ4n) is 3.33. The summed E-state index contributed by atoms with van der Waals surface area (Å²) < 4.78 is 0. The number of anilines is 1. The predicted molar refractivity (Wildman–Crippen MR) is 134 cm³/mol. The summed E-state index contributed by atoms with van der Waals surface area (Å²) >= 11 is 3.06. The maximum atomic E-state index is 12.3. The van der Waals surface area contributed by atoms with E-state index < -0.39 is 0 Å². The molecule has 0 fully saturated rings. The highest BCUT2D eigenvalue weighted by atomic mass is 32.2. The molecule has 1 aromatic rings. The lowest BCUT2D eigenvalue weighted by atomic mass is 10.1. The standard InChI is InChI=1S/C24H41N3OS2/c1-4-5-6-7-8-9-10-11-12-13-14-15-16-17-18-19-21(28)27-22-23(29-2)25-20-26-24(22)30-3/h11-12,20H,4-10,13-19H2,1-3H3,(H,27,28)/b12-11-. The van der Waals surface area contributed by atoms with Gasteiger partial charge >= 0.3 is 0 Å². The molecule has 1 aromatic heterocycles. The van der Waals surface area contributed by atoms with Gasteiger partial charge in [0.25, 0.3) is 0 Å². The van der Waals surface area contributed by atoms with Crippen LogP contribution in [0.4, 0.5) is 5.69 Å². The summed E-state index contributed by atoms with van der Waals surface area (Å²) in [5.41, 5.74) is 0.759. The van der Waals surface area contributed by atoms with Crippen LogP contribution in [0.1, 0.15) is 96.8 Å². The number of carbonyl (C=O) groups is 1. The molecule has 1 rings (SSSR count). The Morgan fingerprint density at radius 3 is 1.87 bits per heavy atom. The number of thioether (sulfide) groups is 2. The van der Waals surface area contributed by atoms with Crippen molar-refractivity contribution in [2.45, 2.75) is 107 Å². The van der Waals surface area contributed by atoms with E-state index in [4.69, 9.17) is 0 Å².